The lowest BCUT2D eigenvalue weighted by atomic mass is 10.1. The second-order valence-corrected chi connectivity index (χ2v) is 4.34. The zero-order valence-electron chi connectivity index (χ0n) is 10.7. The number of nitrogens with zero attached hydrogens (tertiary/aromatic N) is 1. The van der Waals surface area contributed by atoms with Gasteiger partial charge in [0.2, 0.25) is 0 Å². The maximum atomic E-state index is 13.7. The van der Waals surface area contributed by atoms with Gasteiger partial charge in [-0.2, -0.15) is 0 Å². The largest absolute Gasteiger partial charge is 0.494 e. The summed E-state index contributed by atoms with van der Waals surface area (Å²) in [6.07, 6.45) is 1.07. The van der Waals surface area contributed by atoms with Crippen molar-refractivity contribution in [1.29, 1.82) is 0 Å². The van der Waals surface area contributed by atoms with Gasteiger partial charge in [-0.05, 0) is 29.8 Å². The normalized spacial score (nSPS) is 16.9. The van der Waals surface area contributed by atoms with Crippen molar-refractivity contribution in [3.8, 4) is 5.75 Å². The molecule has 0 unspecified atom stereocenters. The van der Waals surface area contributed by atoms with Crippen LogP contribution in [0.1, 0.15) is 22.1 Å². The Hall–Kier alpha value is -2.63. The minimum atomic E-state index is -0.523. The molecule has 0 saturated heterocycles. The molecule has 0 saturated carbocycles. The highest BCUT2D eigenvalue weighted by atomic mass is 19.1. The van der Waals surface area contributed by atoms with Gasteiger partial charge in [0, 0.05) is 6.20 Å². The van der Waals surface area contributed by atoms with Gasteiger partial charge in [0.1, 0.15) is 12.0 Å². The number of carbonyl (C=O) groups excluding carboxylic acids is 1. The Balaban J connectivity index is 1.94. The molecule has 20 heavy (non-hydrogen) atoms. The molecule has 1 aliphatic rings. The second kappa shape index (κ2) is 4.80. The first kappa shape index (κ1) is 12.4. The number of anilines is 1. The molecule has 0 fully saturated rings. The predicted molar refractivity (Wildman–Crippen MR) is 71.0 cm³/mol. The average molecular weight is 273 g/mol. The quantitative estimate of drug-likeness (QED) is 0.879. The van der Waals surface area contributed by atoms with Crippen LogP contribution in [0.25, 0.3) is 0 Å². The molecule has 5 nitrogen and oxygen atoms in total. The third-order valence-corrected chi connectivity index (χ3v) is 3.12. The molecule has 0 bridgehead atoms. The molecule has 102 valence electrons. The average Bonchev–Trinajstić information content (AvgIpc) is 2.47. The number of benzene rings is 1. The Kier molecular flexibility index (Phi) is 2.98. The first-order valence-corrected chi connectivity index (χ1v) is 6.05. The number of hydrogen-bond acceptors (Lipinski definition) is 4. The fourth-order valence-electron chi connectivity index (χ4n) is 2.11. The van der Waals surface area contributed by atoms with E-state index < -0.39 is 12.0 Å². The van der Waals surface area contributed by atoms with Crippen LogP contribution in [0.2, 0.25) is 0 Å². The Morgan fingerprint density at radius 1 is 1.30 bits per heavy atom. The van der Waals surface area contributed by atoms with E-state index in [1.807, 2.05) is 0 Å². The van der Waals surface area contributed by atoms with Crippen LogP contribution >= 0.6 is 0 Å². The van der Waals surface area contributed by atoms with Crippen LogP contribution in [0.15, 0.2) is 36.5 Å². The number of fused-ring (bicyclic) bond motifs is 1. The Labute approximate surface area is 114 Å². The molecule has 1 amide bonds. The van der Waals surface area contributed by atoms with E-state index in [-0.39, 0.29) is 11.7 Å². The molecule has 0 radical (unpaired) electrons. The van der Waals surface area contributed by atoms with Crippen LogP contribution < -0.4 is 15.4 Å². The lowest BCUT2D eigenvalue weighted by Crippen LogP contribution is -2.38. The number of hydrogen-bond donors (Lipinski definition) is 2. The highest BCUT2D eigenvalue weighted by Crippen LogP contribution is 2.27. The van der Waals surface area contributed by atoms with E-state index in [0.29, 0.717) is 16.9 Å². The standard InChI is InChI=1S/C14H12FN3O2/c1-20-11-5-4-8(7-10(11)15)12-17-13-9(14(19)18-12)3-2-6-16-13/h2-7,12H,1H3,(H,16,17)(H,18,19)/t12-/m0/s1. The van der Waals surface area contributed by atoms with Gasteiger partial charge in [-0.3, -0.25) is 4.79 Å². The highest BCUT2D eigenvalue weighted by Gasteiger charge is 2.25. The number of halogens is 1. The van der Waals surface area contributed by atoms with Crippen molar-refractivity contribution in [3.05, 3.63) is 53.5 Å². The van der Waals surface area contributed by atoms with Gasteiger partial charge in [-0.15, -0.1) is 0 Å². The van der Waals surface area contributed by atoms with E-state index in [9.17, 15) is 9.18 Å². The van der Waals surface area contributed by atoms with Gasteiger partial charge in [0.05, 0.1) is 12.7 Å². The lowest BCUT2D eigenvalue weighted by molar-refractivity contribution is 0.0935. The molecule has 1 atom stereocenters. The second-order valence-electron chi connectivity index (χ2n) is 4.34. The monoisotopic (exact) mass is 273 g/mol. The summed E-state index contributed by atoms with van der Waals surface area (Å²) in [7, 11) is 1.40. The summed E-state index contributed by atoms with van der Waals surface area (Å²) in [6, 6.07) is 7.90. The number of rotatable bonds is 2. The van der Waals surface area contributed by atoms with Crippen molar-refractivity contribution in [2.45, 2.75) is 6.17 Å². The van der Waals surface area contributed by atoms with Gasteiger partial charge in [-0.25, -0.2) is 9.37 Å². The number of carbonyl (C=O) groups is 1. The number of nitrogens with one attached hydrogen (secondary N) is 2. The summed E-state index contributed by atoms with van der Waals surface area (Å²) >= 11 is 0. The zero-order chi connectivity index (χ0) is 14.1. The Morgan fingerprint density at radius 2 is 2.15 bits per heavy atom. The van der Waals surface area contributed by atoms with Crippen molar-refractivity contribution < 1.29 is 13.9 Å². The summed E-state index contributed by atoms with van der Waals surface area (Å²) in [5, 5.41) is 5.81. The van der Waals surface area contributed by atoms with Gasteiger partial charge < -0.3 is 15.4 Å². The first-order valence-electron chi connectivity index (χ1n) is 6.05. The highest BCUT2D eigenvalue weighted by molar-refractivity contribution is 6.00. The molecule has 2 N–H and O–H groups in total. The van der Waals surface area contributed by atoms with E-state index >= 15 is 0 Å². The fourth-order valence-corrected chi connectivity index (χ4v) is 2.11. The molecule has 1 aliphatic heterocycles. The van der Waals surface area contributed by atoms with Gasteiger partial charge in [0.15, 0.2) is 11.6 Å². The minimum absolute atomic E-state index is 0.161. The van der Waals surface area contributed by atoms with E-state index in [1.54, 1.807) is 24.4 Å². The lowest BCUT2D eigenvalue weighted by Gasteiger charge is -2.27. The molecular formula is C14H12FN3O2. The van der Waals surface area contributed by atoms with Crippen LogP contribution in [0, 0.1) is 5.82 Å². The molecule has 6 heteroatoms. The maximum Gasteiger partial charge on any atom is 0.256 e. The predicted octanol–water partition coefficient (Wildman–Crippen LogP) is 2.08. The van der Waals surface area contributed by atoms with Crippen LogP contribution in [0.3, 0.4) is 0 Å². The third kappa shape index (κ3) is 2.05. The van der Waals surface area contributed by atoms with Crippen molar-refractivity contribution in [3.63, 3.8) is 0 Å². The number of aromatic nitrogens is 1. The van der Waals surface area contributed by atoms with Gasteiger partial charge in [0.25, 0.3) is 5.91 Å². The Bertz CT molecular complexity index is 675. The van der Waals surface area contributed by atoms with E-state index in [2.05, 4.69) is 15.6 Å². The third-order valence-electron chi connectivity index (χ3n) is 3.12. The molecule has 0 aliphatic carbocycles. The summed E-state index contributed by atoms with van der Waals surface area (Å²) in [5.41, 5.74) is 1.06. The number of amides is 1. The summed E-state index contributed by atoms with van der Waals surface area (Å²) in [6.45, 7) is 0. The number of pyridine rings is 1. The molecule has 0 spiro atoms. The SMILES string of the molecule is COc1ccc([C@@H]2NC(=O)c3cccnc3N2)cc1F. The van der Waals surface area contributed by atoms with Crippen LogP contribution in [0.5, 0.6) is 5.75 Å². The van der Waals surface area contributed by atoms with E-state index in [4.69, 9.17) is 4.74 Å². The molecule has 1 aromatic heterocycles. The van der Waals surface area contributed by atoms with Crippen LogP contribution in [-0.2, 0) is 0 Å². The molecule has 1 aromatic carbocycles. The van der Waals surface area contributed by atoms with Crippen LogP contribution in [-0.4, -0.2) is 18.0 Å². The minimum Gasteiger partial charge on any atom is -0.494 e. The van der Waals surface area contributed by atoms with Crippen molar-refractivity contribution in [1.82, 2.24) is 10.3 Å². The molecule has 2 aromatic rings. The smallest absolute Gasteiger partial charge is 0.256 e. The molecular weight excluding hydrogens is 261 g/mol. The maximum absolute atomic E-state index is 13.7. The summed E-state index contributed by atoms with van der Waals surface area (Å²) in [5.74, 6) is -0.0761. The fraction of sp³-hybridized carbons (Fsp3) is 0.143. The molecule has 3 rings (SSSR count). The van der Waals surface area contributed by atoms with Crippen molar-refractivity contribution in [2.24, 2.45) is 0 Å². The number of methoxy groups -OCH3 is 1. The first-order chi connectivity index (χ1) is 9.69. The topological polar surface area (TPSA) is 63.2 Å². The van der Waals surface area contributed by atoms with Gasteiger partial charge in [-0.1, -0.05) is 6.07 Å². The van der Waals surface area contributed by atoms with Gasteiger partial charge >= 0.3 is 0 Å². The Morgan fingerprint density at radius 3 is 2.90 bits per heavy atom. The zero-order valence-corrected chi connectivity index (χ0v) is 10.7. The molecule has 2 heterocycles. The summed E-state index contributed by atoms with van der Waals surface area (Å²) < 4.78 is 18.6. The van der Waals surface area contributed by atoms with Crippen LogP contribution in [0.4, 0.5) is 10.2 Å². The summed E-state index contributed by atoms with van der Waals surface area (Å²) in [4.78, 5) is 16.1. The number of ether oxygens (including phenoxy) is 1. The van der Waals surface area contributed by atoms with Crippen molar-refractivity contribution in [2.75, 3.05) is 12.4 Å². The van der Waals surface area contributed by atoms with Crippen molar-refractivity contribution >= 4 is 11.7 Å². The van der Waals surface area contributed by atoms with E-state index in [1.165, 1.54) is 19.2 Å². The van der Waals surface area contributed by atoms with E-state index in [0.717, 1.165) is 0 Å².